The molecule has 1 aliphatic heterocycles. The zero-order chi connectivity index (χ0) is 28.2. The van der Waals surface area contributed by atoms with Gasteiger partial charge in [0.25, 0.3) is 0 Å². The summed E-state index contributed by atoms with van der Waals surface area (Å²) in [6.07, 6.45) is -5.16. The molecule has 0 amide bonds. The molecule has 0 aliphatic carbocycles. The first kappa shape index (κ1) is 30.1. The Labute approximate surface area is 221 Å². The number of aliphatic hydroxyl groups excluding tert-OH is 1. The van der Waals surface area contributed by atoms with Gasteiger partial charge in [0.2, 0.25) is 5.28 Å². The Morgan fingerprint density at radius 3 is 2.66 bits per heavy atom. The first-order valence-electron chi connectivity index (χ1n) is 11.3. The van der Waals surface area contributed by atoms with Crippen molar-refractivity contribution in [3.8, 4) is 0 Å². The maximum atomic E-state index is 15.1. The van der Waals surface area contributed by atoms with Crippen molar-refractivity contribution in [1.29, 1.82) is 0 Å². The van der Waals surface area contributed by atoms with Crippen molar-refractivity contribution in [2.24, 2.45) is 5.92 Å². The first-order chi connectivity index (χ1) is 17.9. The molecule has 38 heavy (non-hydrogen) atoms. The molecule has 0 saturated carbocycles. The summed E-state index contributed by atoms with van der Waals surface area (Å²) in [5.74, 6) is -1.70. The van der Waals surface area contributed by atoms with E-state index in [-0.39, 0.29) is 34.6 Å². The van der Waals surface area contributed by atoms with Crippen LogP contribution in [0, 0.1) is 5.92 Å². The predicted molar refractivity (Wildman–Crippen MR) is 129 cm³/mol. The second kappa shape index (κ2) is 12.6. The van der Waals surface area contributed by atoms with Crippen LogP contribution in [0.25, 0.3) is 11.2 Å². The van der Waals surface area contributed by atoms with Crippen molar-refractivity contribution in [1.82, 2.24) is 24.6 Å². The maximum absolute atomic E-state index is 15.1. The van der Waals surface area contributed by atoms with Gasteiger partial charge >= 0.3 is 19.7 Å². The number of hydrogen-bond donors (Lipinski definition) is 3. The van der Waals surface area contributed by atoms with E-state index in [4.69, 9.17) is 35.9 Å². The van der Waals surface area contributed by atoms with Gasteiger partial charge in [-0.25, -0.2) is 23.8 Å². The molecular weight excluding hydrogens is 554 g/mol. The number of alkyl halides is 1. The Morgan fingerprint density at radius 1 is 1.32 bits per heavy atom. The summed E-state index contributed by atoms with van der Waals surface area (Å²) < 4.78 is 55.2. The molecule has 2 aromatic heterocycles. The predicted octanol–water partition coefficient (Wildman–Crippen LogP) is 1.15. The van der Waals surface area contributed by atoms with Gasteiger partial charge in [-0.15, -0.1) is 0 Å². The average Bonchev–Trinajstić information content (AvgIpc) is 3.41. The number of carbonyl (C=O) groups is 2. The highest BCUT2D eigenvalue weighted by molar-refractivity contribution is 7.51. The van der Waals surface area contributed by atoms with Crippen molar-refractivity contribution in [2.75, 3.05) is 33.2 Å². The molecule has 1 saturated heterocycles. The number of rotatable bonds is 12. The second-order valence-corrected chi connectivity index (χ2v) is 10.8. The van der Waals surface area contributed by atoms with E-state index in [0.717, 1.165) is 14.2 Å². The van der Waals surface area contributed by atoms with Crippen LogP contribution in [-0.2, 0) is 37.4 Å². The average molecular weight is 583 g/mol. The number of nitrogen functional groups attached to an aromatic ring is 1. The normalized spacial score (nSPS) is 23.9. The number of hydrogen-bond acceptors (Lipinski definition) is 13. The zero-order valence-electron chi connectivity index (χ0n) is 20.9. The molecule has 2 aromatic rings. The molecule has 18 heteroatoms. The highest BCUT2D eigenvalue weighted by Crippen LogP contribution is 2.46. The molecule has 1 fully saturated rings. The van der Waals surface area contributed by atoms with Crippen LogP contribution in [0.5, 0.6) is 0 Å². The van der Waals surface area contributed by atoms with Gasteiger partial charge in [0, 0.05) is 0 Å². The highest BCUT2D eigenvalue weighted by Gasteiger charge is 2.47. The van der Waals surface area contributed by atoms with E-state index in [1.165, 1.54) is 10.9 Å². The molecule has 0 bridgehead atoms. The molecular formula is C20H29ClFN6O9P. The molecule has 0 radical (unpaired) electrons. The van der Waals surface area contributed by atoms with Crippen molar-refractivity contribution in [2.45, 2.75) is 50.9 Å². The van der Waals surface area contributed by atoms with E-state index in [1.807, 2.05) is 13.8 Å². The number of carbonyl (C=O) groups excluding carboxylic acids is 2. The fraction of sp³-hybridized carbons (Fsp3) is 0.650. The van der Waals surface area contributed by atoms with Gasteiger partial charge in [-0.05, 0) is 23.9 Å². The maximum Gasteiger partial charge on any atom is 0.406 e. The Bertz CT molecular complexity index is 1200. The minimum Gasteiger partial charge on any atom is -0.468 e. The van der Waals surface area contributed by atoms with E-state index in [0.29, 0.717) is 0 Å². The molecule has 4 N–H and O–H groups in total. The van der Waals surface area contributed by atoms with Gasteiger partial charge in [-0.2, -0.15) is 9.97 Å². The summed E-state index contributed by atoms with van der Waals surface area (Å²) in [7, 11) is -2.19. The van der Waals surface area contributed by atoms with Gasteiger partial charge in [-0.1, -0.05) is 13.8 Å². The number of nitrogens with one attached hydrogen (secondary N) is 1. The van der Waals surface area contributed by atoms with Crippen LogP contribution in [-0.4, -0.2) is 88.4 Å². The quantitative estimate of drug-likeness (QED) is 0.183. The lowest BCUT2D eigenvalue weighted by molar-refractivity contribution is -0.143. The number of aliphatic hydroxyl groups is 1. The second-order valence-electron chi connectivity index (χ2n) is 8.68. The van der Waals surface area contributed by atoms with Crippen LogP contribution in [0.1, 0.15) is 26.5 Å². The minimum absolute atomic E-state index is 0.0370. The van der Waals surface area contributed by atoms with E-state index in [2.05, 4.69) is 24.8 Å². The Kier molecular flexibility index (Phi) is 9.97. The number of anilines is 1. The number of nitrogens with two attached hydrogens (primary N) is 1. The number of fused-ring (bicyclic) bond motifs is 1. The van der Waals surface area contributed by atoms with Crippen LogP contribution in [0.4, 0.5) is 10.2 Å². The molecule has 6 atom stereocenters. The number of aromatic nitrogens is 4. The standard InChI is InChI=1S/C20H29ClFN6O9P/c1-9(2)5-10(19(31)34-4)27-38(32,36-7-12(29)33-3)35-6-11-15(30)13(22)18(37-11)28-8-24-14-16(23)25-20(21)26-17(14)28/h8-11,13,15,18,30H,5-7H2,1-4H3,(H,27,32)(H2,23,25,26)/t10-,11+,13+,15?,18-,38?/m0/s1. The van der Waals surface area contributed by atoms with Crippen molar-refractivity contribution < 1.29 is 46.9 Å². The monoisotopic (exact) mass is 582 g/mol. The van der Waals surface area contributed by atoms with Gasteiger partial charge < -0.3 is 25.1 Å². The fourth-order valence-corrected chi connectivity index (χ4v) is 5.25. The summed E-state index contributed by atoms with van der Waals surface area (Å²) >= 11 is 5.86. The molecule has 15 nitrogen and oxygen atoms in total. The molecule has 0 aromatic carbocycles. The topological polar surface area (TPSA) is 199 Å². The molecule has 3 heterocycles. The first-order valence-corrected chi connectivity index (χ1v) is 13.3. The van der Waals surface area contributed by atoms with Crippen LogP contribution in [0.3, 0.4) is 0 Å². The van der Waals surface area contributed by atoms with Crippen LogP contribution in [0.15, 0.2) is 6.33 Å². The third-order valence-corrected chi connectivity index (χ3v) is 7.24. The number of methoxy groups -OCH3 is 2. The zero-order valence-corrected chi connectivity index (χ0v) is 22.6. The summed E-state index contributed by atoms with van der Waals surface area (Å²) in [5.41, 5.74) is 5.99. The van der Waals surface area contributed by atoms with E-state index >= 15 is 4.39 Å². The van der Waals surface area contributed by atoms with E-state index in [1.54, 1.807) is 0 Å². The largest absolute Gasteiger partial charge is 0.468 e. The highest BCUT2D eigenvalue weighted by atomic mass is 35.5. The summed E-state index contributed by atoms with van der Waals surface area (Å²) in [5, 5.41) is 12.7. The van der Waals surface area contributed by atoms with Crippen molar-refractivity contribution >= 4 is 48.3 Å². The Morgan fingerprint density at radius 2 is 2.03 bits per heavy atom. The lowest BCUT2D eigenvalue weighted by Gasteiger charge is -2.26. The van der Waals surface area contributed by atoms with Gasteiger partial charge in [0.15, 0.2) is 30.5 Å². The lowest BCUT2D eigenvalue weighted by Crippen LogP contribution is -2.39. The molecule has 212 valence electrons. The Balaban J connectivity index is 1.79. The summed E-state index contributed by atoms with van der Waals surface area (Å²) in [6.45, 7) is 2.17. The smallest absolute Gasteiger partial charge is 0.406 e. The fourth-order valence-electron chi connectivity index (χ4n) is 3.65. The van der Waals surface area contributed by atoms with Crippen molar-refractivity contribution in [3.05, 3.63) is 11.6 Å². The third kappa shape index (κ3) is 6.94. The van der Waals surface area contributed by atoms with Crippen LogP contribution in [0.2, 0.25) is 5.28 Å². The number of halogens is 2. The van der Waals surface area contributed by atoms with Crippen molar-refractivity contribution in [3.63, 3.8) is 0 Å². The van der Waals surface area contributed by atoms with E-state index < -0.39 is 63.5 Å². The number of nitrogens with zero attached hydrogens (tertiary/aromatic N) is 4. The number of ether oxygens (including phenoxy) is 3. The minimum atomic E-state index is -4.44. The third-order valence-electron chi connectivity index (χ3n) is 5.48. The SMILES string of the molecule is COC(=O)COP(=O)(N[C@@H](CC(C)C)C(=O)OC)OC[C@H]1O[C@H](n2cnc3c(N)nc(Cl)nc32)[C@H](F)C1O. The number of esters is 2. The summed E-state index contributed by atoms with van der Waals surface area (Å²) in [4.78, 5) is 35.7. The Hall–Kier alpha value is -2.46. The molecule has 1 aliphatic rings. The van der Waals surface area contributed by atoms with Gasteiger partial charge in [0.05, 0.1) is 27.2 Å². The summed E-state index contributed by atoms with van der Waals surface area (Å²) in [6, 6.07) is -1.13. The lowest BCUT2D eigenvalue weighted by atomic mass is 10.1. The molecule has 3 rings (SSSR count). The van der Waals surface area contributed by atoms with E-state index in [9.17, 15) is 19.3 Å². The van der Waals surface area contributed by atoms with Gasteiger partial charge in [-0.3, -0.25) is 18.4 Å². The molecule has 0 spiro atoms. The van der Waals surface area contributed by atoms with Crippen LogP contribution >= 0.6 is 19.3 Å². The molecule has 2 unspecified atom stereocenters. The number of imidazole rings is 1. The van der Waals surface area contributed by atoms with Gasteiger partial charge in [0.1, 0.15) is 23.8 Å². The van der Waals surface area contributed by atoms with Crippen LogP contribution < -0.4 is 10.8 Å².